The predicted octanol–water partition coefficient (Wildman–Crippen LogP) is 5.11. The van der Waals surface area contributed by atoms with Crippen molar-refractivity contribution in [3.8, 4) is 0 Å². The first-order valence-corrected chi connectivity index (χ1v) is 8.24. The van der Waals surface area contributed by atoms with E-state index in [0.717, 1.165) is 19.3 Å². The number of rotatable bonds is 12. The number of allylic oxidation sites excluding steroid dienone is 3. The van der Waals surface area contributed by atoms with Crippen molar-refractivity contribution in [2.45, 2.75) is 78.1 Å². The predicted molar refractivity (Wildman–Crippen MR) is 86.9 cm³/mol. The molecule has 0 bridgehead atoms. The molecule has 0 spiro atoms. The SMILES string of the molecule is C/C=C/C=C/C(=O)OC(=O)CCCCCCCCCCC. The van der Waals surface area contributed by atoms with Gasteiger partial charge in [0.25, 0.3) is 0 Å². The van der Waals surface area contributed by atoms with Crippen LogP contribution < -0.4 is 0 Å². The van der Waals surface area contributed by atoms with Gasteiger partial charge in [-0.3, -0.25) is 4.79 Å². The molecule has 0 aromatic rings. The van der Waals surface area contributed by atoms with Gasteiger partial charge in [-0.1, -0.05) is 76.5 Å². The lowest BCUT2D eigenvalue weighted by Crippen LogP contribution is -2.09. The average molecular weight is 294 g/mol. The van der Waals surface area contributed by atoms with Gasteiger partial charge in [-0.05, 0) is 13.3 Å². The Morgan fingerprint density at radius 2 is 1.43 bits per heavy atom. The van der Waals surface area contributed by atoms with E-state index in [9.17, 15) is 9.59 Å². The first-order valence-electron chi connectivity index (χ1n) is 8.24. The van der Waals surface area contributed by atoms with Gasteiger partial charge in [-0.15, -0.1) is 0 Å². The van der Waals surface area contributed by atoms with Gasteiger partial charge < -0.3 is 4.74 Å². The minimum Gasteiger partial charge on any atom is -0.390 e. The molecule has 0 aliphatic carbocycles. The molecule has 0 aromatic heterocycles. The molecule has 0 aromatic carbocycles. The molecule has 0 rings (SSSR count). The first-order chi connectivity index (χ1) is 10.2. The van der Waals surface area contributed by atoms with E-state index >= 15 is 0 Å². The third kappa shape index (κ3) is 14.8. The Morgan fingerprint density at radius 1 is 0.857 bits per heavy atom. The van der Waals surface area contributed by atoms with Crippen molar-refractivity contribution in [2.75, 3.05) is 0 Å². The number of hydrogen-bond acceptors (Lipinski definition) is 3. The standard InChI is InChI=1S/C18H30O3/c1-3-5-7-8-9-10-11-12-14-16-18(20)21-17(19)15-13-6-4-2/h4,6,13,15H,3,5,7-12,14,16H2,1-2H3/b6-4+,15-13+. The Bertz CT molecular complexity index is 329. The summed E-state index contributed by atoms with van der Waals surface area (Å²) in [6.45, 7) is 4.07. The quantitative estimate of drug-likeness (QED) is 0.165. The fourth-order valence-electron chi connectivity index (χ4n) is 2.02. The number of carbonyl (C=O) groups excluding carboxylic acids is 2. The lowest BCUT2D eigenvalue weighted by molar-refractivity contribution is -0.156. The summed E-state index contributed by atoms with van der Waals surface area (Å²) < 4.78 is 4.67. The van der Waals surface area contributed by atoms with Gasteiger partial charge in [0.1, 0.15) is 0 Å². The zero-order chi connectivity index (χ0) is 15.8. The minimum atomic E-state index is -0.589. The number of esters is 2. The van der Waals surface area contributed by atoms with E-state index in [-0.39, 0.29) is 0 Å². The third-order valence-electron chi connectivity index (χ3n) is 3.23. The molecule has 0 atom stereocenters. The largest absolute Gasteiger partial charge is 0.390 e. The number of hydrogen-bond donors (Lipinski definition) is 0. The van der Waals surface area contributed by atoms with Gasteiger partial charge in [0.05, 0.1) is 0 Å². The first kappa shape index (κ1) is 19.6. The van der Waals surface area contributed by atoms with Crippen LogP contribution in [-0.2, 0) is 14.3 Å². The molecule has 0 fully saturated rings. The fourth-order valence-corrected chi connectivity index (χ4v) is 2.02. The van der Waals surface area contributed by atoms with Crippen LogP contribution in [0.25, 0.3) is 0 Å². The smallest absolute Gasteiger partial charge is 0.338 e. The lowest BCUT2D eigenvalue weighted by atomic mass is 10.1. The molecule has 3 nitrogen and oxygen atoms in total. The second-order valence-corrected chi connectivity index (χ2v) is 5.26. The zero-order valence-corrected chi connectivity index (χ0v) is 13.6. The maximum absolute atomic E-state index is 11.4. The third-order valence-corrected chi connectivity index (χ3v) is 3.23. The Kier molecular flexibility index (Phi) is 14.0. The molecule has 0 aliphatic rings. The van der Waals surface area contributed by atoms with E-state index in [1.807, 2.05) is 6.92 Å². The molecular weight excluding hydrogens is 264 g/mol. The summed E-state index contributed by atoms with van der Waals surface area (Å²) in [5.41, 5.74) is 0. The molecule has 0 N–H and O–H groups in total. The number of carbonyl (C=O) groups is 2. The van der Waals surface area contributed by atoms with Crippen LogP contribution in [-0.4, -0.2) is 11.9 Å². The van der Waals surface area contributed by atoms with Crippen molar-refractivity contribution >= 4 is 11.9 Å². The summed E-state index contributed by atoms with van der Waals surface area (Å²) in [6.07, 6.45) is 17.5. The van der Waals surface area contributed by atoms with E-state index < -0.39 is 11.9 Å². The molecule has 0 radical (unpaired) electrons. The second-order valence-electron chi connectivity index (χ2n) is 5.26. The van der Waals surface area contributed by atoms with E-state index in [4.69, 9.17) is 0 Å². The van der Waals surface area contributed by atoms with Crippen molar-refractivity contribution in [3.05, 3.63) is 24.3 Å². The maximum atomic E-state index is 11.4. The normalized spacial score (nSPS) is 11.3. The van der Waals surface area contributed by atoms with Gasteiger partial charge in [0.15, 0.2) is 0 Å². The molecule has 0 saturated carbocycles. The summed E-state index contributed by atoms with van der Waals surface area (Å²) in [4.78, 5) is 22.6. The molecule has 0 amide bonds. The van der Waals surface area contributed by atoms with E-state index in [1.165, 1.54) is 44.6 Å². The lowest BCUT2D eigenvalue weighted by Gasteiger charge is -2.02. The highest BCUT2D eigenvalue weighted by atomic mass is 16.6. The Hall–Kier alpha value is -1.38. The van der Waals surface area contributed by atoms with Crippen molar-refractivity contribution < 1.29 is 14.3 Å². The fraction of sp³-hybridized carbons (Fsp3) is 0.667. The van der Waals surface area contributed by atoms with Gasteiger partial charge >= 0.3 is 11.9 Å². The van der Waals surface area contributed by atoms with Gasteiger partial charge in [-0.2, -0.15) is 0 Å². The summed E-state index contributed by atoms with van der Waals surface area (Å²) in [6, 6.07) is 0. The average Bonchev–Trinajstić information content (AvgIpc) is 2.45. The van der Waals surface area contributed by atoms with Crippen LogP contribution in [0.4, 0.5) is 0 Å². The van der Waals surface area contributed by atoms with E-state index in [1.54, 1.807) is 18.2 Å². The minimum absolute atomic E-state index is 0.332. The Labute approximate surface area is 129 Å². The summed E-state index contributed by atoms with van der Waals surface area (Å²) in [5, 5.41) is 0. The molecular formula is C18H30O3. The van der Waals surface area contributed by atoms with Crippen LogP contribution in [0.15, 0.2) is 24.3 Å². The highest BCUT2D eigenvalue weighted by molar-refractivity contribution is 5.92. The van der Waals surface area contributed by atoms with Gasteiger partial charge in [-0.25, -0.2) is 4.79 Å². The van der Waals surface area contributed by atoms with Crippen LogP contribution in [0, 0.1) is 0 Å². The summed E-state index contributed by atoms with van der Waals surface area (Å²) in [7, 11) is 0. The molecule has 0 saturated heterocycles. The Morgan fingerprint density at radius 3 is 2.00 bits per heavy atom. The van der Waals surface area contributed by atoms with Gasteiger partial charge in [0.2, 0.25) is 0 Å². The van der Waals surface area contributed by atoms with Crippen LogP contribution in [0.3, 0.4) is 0 Å². The molecule has 21 heavy (non-hydrogen) atoms. The topological polar surface area (TPSA) is 43.4 Å². The number of unbranched alkanes of at least 4 members (excludes halogenated alkanes) is 8. The maximum Gasteiger partial charge on any atom is 0.338 e. The second kappa shape index (κ2) is 15.0. The van der Waals surface area contributed by atoms with Crippen LogP contribution >= 0.6 is 0 Å². The van der Waals surface area contributed by atoms with Crippen LogP contribution in [0.2, 0.25) is 0 Å². The van der Waals surface area contributed by atoms with Crippen LogP contribution in [0.5, 0.6) is 0 Å². The van der Waals surface area contributed by atoms with E-state index in [2.05, 4.69) is 11.7 Å². The molecule has 0 unspecified atom stereocenters. The van der Waals surface area contributed by atoms with Gasteiger partial charge in [0, 0.05) is 12.5 Å². The van der Waals surface area contributed by atoms with Crippen LogP contribution in [0.1, 0.15) is 78.1 Å². The summed E-state index contributed by atoms with van der Waals surface area (Å²) in [5.74, 6) is -1.01. The van der Waals surface area contributed by atoms with Crippen molar-refractivity contribution in [1.82, 2.24) is 0 Å². The zero-order valence-electron chi connectivity index (χ0n) is 13.6. The highest BCUT2D eigenvalue weighted by Gasteiger charge is 2.06. The van der Waals surface area contributed by atoms with Crippen molar-refractivity contribution in [1.29, 1.82) is 0 Å². The summed E-state index contributed by atoms with van der Waals surface area (Å²) >= 11 is 0. The molecule has 120 valence electrons. The van der Waals surface area contributed by atoms with Crippen molar-refractivity contribution in [3.63, 3.8) is 0 Å². The monoisotopic (exact) mass is 294 g/mol. The Balaban J connectivity index is 3.43. The molecule has 0 aliphatic heterocycles. The van der Waals surface area contributed by atoms with Crippen molar-refractivity contribution in [2.24, 2.45) is 0 Å². The number of ether oxygens (including phenoxy) is 1. The molecule has 3 heteroatoms. The molecule has 0 heterocycles. The van der Waals surface area contributed by atoms with E-state index in [0.29, 0.717) is 6.42 Å². The highest BCUT2D eigenvalue weighted by Crippen LogP contribution is 2.10.